The lowest BCUT2D eigenvalue weighted by Crippen LogP contribution is -2.16. The molecule has 2 N–H and O–H groups in total. The molecule has 0 unspecified atom stereocenters. The fraction of sp³-hybridized carbons (Fsp3) is 0. The second-order valence-electron chi connectivity index (χ2n) is 2.84. The molecule has 2 aromatic rings. The van der Waals surface area contributed by atoms with Gasteiger partial charge >= 0.3 is 0 Å². The first-order valence-corrected chi connectivity index (χ1v) is 3.83. The van der Waals surface area contributed by atoms with E-state index in [2.05, 4.69) is 0 Å². The summed E-state index contributed by atoms with van der Waals surface area (Å²) in [6, 6.07) is 4.16. The van der Waals surface area contributed by atoms with Crippen LogP contribution in [0.4, 0.5) is 4.39 Å². The number of benzene rings is 1. The lowest BCUT2D eigenvalue weighted by molar-refractivity contribution is 0.188. The van der Waals surface area contributed by atoms with Crippen molar-refractivity contribution in [3.63, 3.8) is 0 Å². The molecule has 0 aliphatic heterocycles. The van der Waals surface area contributed by atoms with Crippen molar-refractivity contribution in [3.8, 4) is 5.75 Å². The fourth-order valence-electron chi connectivity index (χ4n) is 1.27. The molecule has 1 heterocycles. The van der Waals surface area contributed by atoms with Crippen LogP contribution in [0.15, 0.2) is 29.1 Å². The summed E-state index contributed by atoms with van der Waals surface area (Å²) < 4.78 is 13.1. The quantitative estimate of drug-likeness (QED) is 0.618. The Hall–Kier alpha value is -2.04. The Labute approximate surface area is 77.4 Å². The summed E-state index contributed by atoms with van der Waals surface area (Å²) in [4.78, 5) is 11.0. The zero-order valence-electron chi connectivity index (χ0n) is 6.94. The molecular formula is C9H6FNO3. The highest BCUT2D eigenvalue weighted by molar-refractivity contribution is 5.84. The Morgan fingerprint density at radius 1 is 1.29 bits per heavy atom. The van der Waals surface area contributed by atoms with E-state index in [1.54, 1.807) is 0 Å². The maximum absolute atomic E-state index is 12.8. The number of hydrogen-bond donors (Lipinski definition) is 2. The summed E-state index contributed by atoms with van der Waals surface area (Å²) in [6.45, 7) is 0. The van der Waals surface area contributed by atoms with Gasteiger partial charge < -0.3 is 10.3 Å². The summed E-state index contributed by atoms with van der Waals surface area (Å²) >= 11 is 0. The molecule has 4 nitrogen and oxygen atoms in total. The van der Waals surface area contributed by atoms with Crippen LogP contribution in [0.5, 0.6) is 5.75 Å². The van der Waals surface area contributed by atoms with Gasteiger partial charge in [-0.3, -0.25) is 4.79 Å². The minimum atomic E-state index is -0.762. The monoisotopic (exact) mass is 195 g/mol. The van der Waals surface area contributed by atoms with Crippen LogP contribution in [0.3, 0.4) is 0 Å². The van der Waals surface area contributed by atoms with Crippen LogP contribution in [0.1, 0.15) is 0 Å². The average molecular weight is 195 g/mol. The molecule has 0 radical (unpaired) electrons. The second kappa shape index (κ2) is 2.73. The van der Waals surface area contributed by atoms with E-state index in [4.69, 9.17) is 0 Å². The molecule has 14 heavy (non-hydrogen) atoms. The van der Waals surface area contributed by atoms with Gasteiger partial charge in [0.1, 0.15) is 11.6 Å². The Kier molecular flexibility index (Phi) is 1.67. The van der Waals surface area contributed by atoms with Gasteiger partial charge in [0, 0.05) is 11.5 Å². The number of nitrogens with zero attached hydrogens (tertiary/aromatic N) is 1. The number of pyridine rings is 1. The van der Waals surface area contributed by atoms with Gasteiger partial charge in [-0.05, 0) is 18.2 Å². The minimum absolute atomic E-state index is 0.0661. The Morgan fingerprint density at radius 3 is 2.71 bits per heavy atom. The van der Waals surface area contributed by atoms with Crippen molar-refractivity contribution >= 4 is 10.9 Å². The molecule has 1 aromatic heterocycles. The van der Waals surface area contributed by atoms with E-state index in [0.29, 0.717) is 4.73 Å². The van der Waals surface area contributed by atoms with Gasteiger partial charge in [-0.25, -0.2) is 4.39 Å². The van der Waals surface area contributed by atoms with Crippen molar-refractivity contribution in [1.29, 1.82) is 0 Å². The number of fused-ring (bicyclic) bond motifs is 1. The van der Waals surface area contributed by atoms with E-state index in [-0.39, 0.29) is 16.7 Å². The molecule has 0 atom stereocenters. The molecule has 5 heteroatoms. The lowest BCUT2D eigenvalue weighted by Gasteiger charge is -2.04. The molecule has 0 aliphatic rings. The molecule has 0 amide bonds. The normalized spacial score (nSPS) is 10.6. The Bertz CT molecular complexity index is 562. The zero-order valence-corrected chi connectivity index (χ0v) is 6.94. The highest BCUT2D eigenvalue weighted by Gasteiger charge is 2.07. The lowest BCUT2D eigenvalue weighted by atomic mass is 10.2. The topological polar surface area (TPSA) is 62.5 Å². The van der Waals surface area contributed by atoms with Gasteiger partial charge in [0.2, 0.25) is 0 Å². The third-order valence-corrected chi connectivity index (χ3v) is 1.93. The van der Waals surface area contributed by atoms with Crippen molar-refractivity contribution < 1.29 is 14.7 Å². The number of halogens is 1. The van der Waals surface area contributed by atoms with Crippen LogP contribution < -0.4 is 5.56 Å². The van der Waals surface area contributed by atoms with Crippen LogP contribution in [-0.2, 0) is 0 Å². The van der Waals surface area contributed by atoms with Gasteiger partial charge in [-0.15, -0.1) is 4.73 Å². The SMILES string of the molecule is O=c1cc(O)c2cc(F)ccc2n1O. The molecule has 0 fully saturated rings. The zero-order chi connectivity index (χ0) is 10.3. The smallest absolute Gasteiger partial charge is 0.287 e. The molecule has 0 bridgehead atoms. The van der Waals surface area contributed by atoms with Gasteiger partial charge in [-0.1, -0.05) is 0 Å². The van der Waals surface area contributed by atoms with E-state index >= 15 is 0 Å². The van der Waals surface area contributed by atoms with Crippen molar-refractivity contribution in [1.82, 2.24) is 4.73 Å². The van der Waals surface area contributed by atoms with E-state index < -0.39 is 11.4 Å². The van der Waals surface area contributed by atoms with Crippen LogP contribution >= 0.6 is 0 Å². The summed E-state index contributed by atoms with van der Waals surface area (Å²) in [5, 5.41) is 18.6. The van der Waals surface area contributed by atoms with Crippen LogP contribution in [-0.4, -0.2) is 15.0 Å². The Morgan fingerprint density at radius 2 is 2.00 bits per heavy atom. The first kappa shape index (κ1) is 8.55. The molecule has 0 saturated heterocycles. The molecule has 1 aromatic carbocycles. The second-order valence-corrected chi connectivity index (χ2v) is 2.84. The summed E-state index contributed by atoms with van der Waals surface area (Å²) in [5.41, 5.74) is -0.696. The number of rotatable bonds is 0. The van der Waals surface area contributed by atoms with Crippen LogP contribution in [0, 0.1) is 5.82 Å². The van der Waals surface area contributed by atoms with Gasteiger partial charge in [0.05, 0.1) is 5.52 Å². The molecular weight excluding hydrogens is 189 g/mol. The maximum Gasteiger partial charge on any atom is 0.287 e. The summed E-state index contributed by atoms with van der Waals surface area (Å²) in [6.07, 6.45) is 0. The van der Waals surface area contributed by atoms with Crippen LogP contribution in [0.2, 0.25) is 0 Å². The molecule has 72 valence electrons. The van der Waals surface area contributed by atoms with E-state index in [1.807, 2.05) is 0 Å². The molecule has 0 aliphatic carbocycles. The van der Waals surface area contributed by atoms with Gasteiger partial charge in [-0.2, -0.15) is 0 Å². The fourth-order valence-corrected chi connectivity index (χ4v) is 1.27. The summed E-state index contributed by atoms with van der Waals surface area (Å²) in [5.74, 6) is -0.902. The molecule has 2 rings (SSSR count). The minimum Gasteiger partial charge on any atom is -0.507 e. The predicted octanol–water partition coefficient (Wildman–Crippen LogP) is 1.08. The van der Waals surface area contributed by atoms with Crippen LogP contribution in [0.25, 0.3) is 10.9 Å². The van der Waals surface area contributed by atoms with E-state index in [0.717, 1.165) is 18.2 Å². The maximum atomic E-state index is 12.8. The number of aromatic hydroxyl groups is 1. The largest absolute Gasteiger partial charge is 0.507 e. The third kappa shape index (κ3) is 1.10. The predicted molar refractivity (Wildman–Crippen MR) is 47.0 cm³/mol. The van der Waals surface area contributed by atoms with Crippen molar-refractivity contribution in [2.75, 3.05) is 0 Å². The number of aromatic nitrogens is 1. The highest BCUT2D eigenvalue weighted by atomic mass is 19.1. The van der Waals surface area contributed by atoms with Gasteiger partial charge in [0.15, 0.2) is 0 Å². The third-order valence-electron chi connectivity index (χ3n) is 1.93. The average Bonchev–Trinajstić information content (AvgIpc) is 2.14. The van der Waals surface area contributed by atoms with Crippen molar-refractivity contribution in [3.05, 3.63) is 40.4 Å². The standard InChI is InChI=1S/C9H6FNO3/c10-5-1-2-7-6(3-5)8(12)4-9(13)11(7)14/h1-4,12,14H. The van der Waals surface area contributed by atoms with Crippen molar-refractivity contribution in [2.24, 2.45) is 0 Å². The molecule has 0 saturated carbocycles. The highest BCUT2D eigenvalue weighted by Crippen LogP contribution is 2.22. The van der Waals surface area contributed by atoms with E-state index in [1.165, 1.54) is 6.07 Å². The first-order valence-electron chi connectivity index (χ1n) is 3.83. The van der Waals surface area contributed by atoms with Crippen molar-refractivity contribution in [2.45, 2.75) is 0 Å². The van der Waals surface area contributed by atoms with E-state index in [9.17, 15) is 19.5 Å². The molecule has 0 spiro atoms. The summed E-state index contributed by atoms with van der Waals surface area (Å²) in [7, 11) is 0. The Balaban J connectivity index is 3.02. The number of hydrogen-bond acceptors (Lipinski definition) is 3. The van der Waals surface area contributed by atoms with Gasteiger partial charge in [0.25, 0.3) is 5.56 Å². The first-order chi connectivity index (χ1) is 6.59.